The van der Waals surface area contributed by atoms with E-state index >= 15 is 0 Å². The van der Waals surface area contributed by atoms with E-state index in [1.54, 1.807) is 0 Å². The van der Waals surface area contributed by atoms with Gasteiger partial charge >= 0.3 is 0 Å². The van der Waals surface area contributed by atoms with Crippen molar-refractivity contribution in [2.45, 2.75) is 39.2 Å². The Balaban J connectivity index is 2.64. The van der Waals surface area contributed by atoms with Gasteiger partial charge in [0, 0.05) is 18.6 Å². The fourth-order valence-corrected chi connectivity index (χ4v) is 2.84. The molecule has 1 saturated heterocycles. The van der Waals surface area contributed by atoms with Gasteiger partial charge in [-0.2, -0.15) is 0 Å². The molecule has 1 rings (SSSR count). The second kappa shape index (κ2) is 4.94. The van der Waals surface area contributed by atoms with Crippen molar-refractivity contribution in [2.75, 3.05) is 19.3 Å². The molecule has 0 aromatic heterocycles. The molecule has 0 radical (unpaired) electrons. The number of hydrogen-bond acceptors (Lipinski definition) is 3. The van der Waals surface area contributed by atoms with Gasteiger partial charge in [0.25, 0.3) is 0 Å². The average Bonchev–Trinajstić information content (AvgIpc) is 2.14. The predicted octanol–water partition coefficient (Wildman–Crippen LogP) is 0.573. The molecular weight excluding hydrogens is 240 g/mol. The summed E-state index contributed by atoms with van der Waals surface area (Å²) in [6.45, 7) is 6.59. The summed E-state index contributed by atoms with van der Waals surface area (Å²) in [5.74, 6) is -0.274. The summed E-state index contributed by atoms with van der Waals surface area (Å²) in [7, 11) is -3.18. The van der Waals surface area contributed by atoms with Gasteiger partial charge in [0.15, 0.2) is 0 Å². The Bertz CT molecular complexity index is 384. The standard InChI is InChI=1S/C11H22N2O3S/c1-11(2,3)12-10(14)9-6-5-7-13(8-9)17(4,15)16/h9H,5-8H2,1-4H3,(H,12,14)/t9-/m1/s1. The van der Waals surface area contributed by atoms with Crippen LogP contribution in [0.25, 0.3) is 0 Å². The minimum atomic E-state index is -3.18. The third-order valence-electron chi connectivity index (χ3n) is 2.72. The van der Waals surface area contributed by atoms with Crippen LogP contribution in [-0.2, 0) is 14.8 Å². The molecule has 1 aliphatic rings. The van der Waals surface area contributed by atoms with Gasteiger partial charge in [-0.15, -0.1) is 0 Å². The van der Waals surface area contributed by atoms with Crippen LogP contribution in [0.15, 0.2) is 0 Å². The molecule has 0 saturated carbocycles. The molecule has 1 heterocycles. The zero-order valence-electron chi connectivity index (χ0n) is 11.0. The van der Waals surface area contributed by atoms with Gasteiger partial charge in [-0.3, -0.25) is 4.79 Å². The smallest absolute Gasteiger partial charge is 0.224 e. The fraction of sp³-hybridized carbons (Fsp3) is 0.909. The number of carbonyl (C=O) groups is 1. The summed E-state index contributed by atoms with van der Waals surface area (Å²) >= 11 is 0. The summed E-state index contributed by atoms with van der Waals surface area (Å²) in [5.41, 5.74) is -0.273. The molecule has 0 aromatic carbocycles. The lowest BCUT2D eigenvalue weighted by Gasteiger charge is -2.32. The van der Waals surface area contributed by atoms with Crippen LogP contribution >= 0.6 is 0 Å². The lowest BCUT2D eigenvalue weighted by atomic mass is 9.97. The van der Waals surface area contributed by atoms with E-state index in [2.05, 4.69) is 5.32 Å². The Morgan fingerprint density at radius 2 is 1.94 bits per heavy atom. The molecule has 100 valence electrons. The number of piperidine rings is 1. The summed E-state index contributed by atoms with van der Waals surface area (Å²) in [6, 6.07) is 0. The molecular formula is C11H22N2O3S. The Labute approximate surface area is 104 Å². The molecule has 6 heteroatoms. The number of carbonyl (C=O) groups excluding carboxylic acids is 1. The number of rotatable bonds is 2. The molecule has 0 bridgehead atoms. The molecule has 1 N–H and O–H groups in total. The summed E-state index contributed by atoms with van der Waals surface area (Å²) < 4.78 is 24.3. The van der Waals surface area contributed by atoms with Crippen molar-refractivity contribution in [3.8, 4) is 0 Å². The van der Waals surface area contributed by atoms with Gasteiger partial charge in [0.1, 0.15) is 0 Å². The number of hydrogen-bond donors (Lipinski definition) is 1. The van der Waals surface area contributed by atoms with E-state index < -0.39 is 10.0 Å². The Hall–Kier alpha value is -0.620. The fourth-order valence-electron chi connectivity index (χ4n) is 1.93. The highest BCUT2D eigenvalue weighted by Crippen LogP contribution is 2.19. The molecule has 5 nitrogen and oxygen atoms in total. The first-order valence-electron chi connectivity index (χ1n) is 5.87. The van der Waals surface area contributed by atoms with E-state index in [1.165, 1.54) is 10.6 Å². The quantitative estimate of drug-likeness (QED) is 0.791. The van der Waals surface area contributed by atoms with Gasteiger partial charge in [-0.1, -0.05) is 0 Å². The maximum Gasteiger partial charge on any atom is 0.224 e. The molecule has 0 spiro atoms. The highest BCUT2D eigenvalue weighted by atomic mass is 32.2. The highest BCUT2D eigenvalue weighted by molar-refractivity contribution is 7.88. The van der Waals surface area contributed by atoms with E-state index in [4.69, 9.17) is 0 Å². The van der Waals surface area contributed by atoms with Crippen LogP contribution in [0.2, 0.25) is 0 Å². The monoisotopic (exact) mass is 262 g/mol. The molecule has 17 heavy (non-hydrogen) atoms. The molecule has 0 aromatic rings. The first-order chi connectivity index (χ1) is 7.59. The second-order valence-electron chi connectivity index (χ2n) is 5.70. The maximum absolute atomic E-state index is 12.0. The third kappa shape index (κ3) is 4.63. The van der Waals surface area contributed by atoms with Gasteiger partial charge in [0.2, 0.25) is 15.9 Å². The Morgan fingerprint density at radius 1 is 1.35 bits per heavy atom. The molecule has 0 aliphatic carbocycles. The number of nitrogens with one attached hydrogen (secondary N) is 1. The van der Waals surface area contributed by atoms with E-state index in [9.17, 15) is 13.2 Å². The number of sulfonamides is 1. The summed E-state index contributed by atoms with van der Waals surface area (Å²) in [6.07, 6.45) is 2.69. The summed E-state index contributed by atoms with van der Waals surface area (Å²) in [4.78, 5) is 12.0. The molecule has 1 fully saturated rings. The van der Waals surface area contributed by atoms with Crippen LogP contribution in [0.3, 0.4) is 0 Å². The predicted molar refractivity (Wildman–Crippen MR) is 67.0 cm³/mol. The highest BCUT2D eigenvalue weighted by Gasteiger charge is 2.31. The van der Waals surface area contributed by atoms with Gasteiger partial charge in [-0.05, 0) is 33.6 Å². The largest absolute Gasteiger partial charge is 0.351 e. The molecule has 1 amide bonds. The summed E-state index contributed by atoms with van der Waals surface area (Å²) in [5, 5.41) is 2.90. The Kier molecular flexibility index (Phi) is 4.19. The SMILES string of the molecule is CC(C)(C)NC(=O)[C@@H]1CCCN(S(C)(=O)=O)C1. The zero-order valence-corrected chi connectivity index (χ0v) is 11.8. The van der Waals surface area contributed by atoms with Crippen molar-refractivity contribution in [1.82, 2.24) is 9.62 Å². The first kappa shape index (κ1) is 14.4. The van der Waals surface area contributed by atoms with E-state index in [1.807, 2.05) is 20.8 Å². The van der Waals surface area contributed by atoms with Gasteiger partial charge in [0.05, 0.1) is 12.2 Å². The van der Waals surface area contributed by atoms with Crippen molar-refractivity contribution in [1.29, 1.82) is 0 Å². The lowest BCUT2D eigenvalue weighted by molar-refractivity contribution is -0.127. The van der Waals surface area contributed by atoms with Gasteiger partial charge < -0.3 is 5.32 Å². The van der Waals surface area contributed by atoms with Crippen LogP contribution in [0.5, 0.6) is 0 Å². The average molecular weight is 262 g/mol. The minimum Gasteiger partial charge on any atom is -0.351 e. The maximum atomic E-state index is 12.0. The van der Waals surface area contributed by atoms with E-state index in [0.717, 1.165) is 12.8 Å². The normalized spacial score (nSPS) is 23.4. The Morgan fingerprint density at radius 3 is 2.41 bits per heavy atom. The van der Waals surface area contributed by atoms with Crippen molar-refractivity contribution in [3.05, 3.63) is 0 Å². The van der Waals surface area contributed by atoms with Crippen molar-refractivity contribution in [2.24, 2.45) is 5.92 Å². The zero-order chi connectivity index (χ0) is 13.3. The first-order valence-corrected chi connectivity index (χ1v) is 7.71. The molecule has 1 aliphatic heterocycles. The van der Waals surface area contributed by atoms with Crippen LogP contribution < -0.4 is 5.32 Å². The molecule has 0 unspecified atom stereocenters. The molecule has 1 atom stereocenters. The van der Waals surface area contributed by atoms with Crippen LogP contribution in [0, 0.1) is 5.92 Å². The van der Waals surface area contributed by atoms with Crippen LogP contribution in [0.1, 0.15) is 33.6 Å². The van der Waals surface area contributed by atoms with Crippen LogP contribution in [0.4, 0.5) is 0 Å². The van der Waals surface area contributed by atoms with Crippen molar-refractivity contribution >= 4 is 15.9 Å². The topological polar surface area (TPSA) is 66.5 Å². The van der Waals surface area contributed by atoms with Gasteiger partial charge in [-0.25, -0.2) is 12.7 Å². The van der Waals surface area contributed by atoms with Crippen molar-refractivity contribution < 1.29 is 13.2 Å². The van der Waals surface area contributed by atoms with E-state index in [-0.39, 0.29) is 17.4 Å². The second-order valence-corrected chi connectivity index (χ2v) is 7.68. The lowest BCUT2D eigenvalue weighted by Crippen LogP contribution is -2.49. The third-order valence-corrected chi connectivity index (χ3v) is 3.99. The number of nitrogens with zero attached hydrogens (tertiary/aromatic N) is 1. The van der Waals surface area contributed by atoms with Crippen LogP contribution in [-0.4, -0.2) is 43.5 Å². The number of amides is 1. The minimum absolute atomic E-state index is 0.0501. The van der Waals surface area contributed by atoms with Crippen molar-refractivity contribution in [3.63, 3.8) is 0 Å². The van der Waals surface area contributed by atoms with E-state index in [0.29, 0.717) is 13.1 Å².